The van der Waals surface area contributed by atoms with Gasteiger partial charge >= 0.3 is 0 Å². The van der Waals surface area contributed by atoms with E-state index in [1.165, 1.54) is 56.2 Å². The van der Waals surface area contributed by atoms with Crippen LogP contribution >= 0.6 is 0 Å². The van der Waals surface area contributed by atoms with Crippen molar-refractivity contribution in [3.8, 4) is 11.5 Å². The van der Waals surface area contributed by atoms with Crippen molar-refractivity contribution >= 4 is 6.08 Å². The van der Waals surface area contributed by atoms with Crippen LogP contribution in [0, 0.1) is 23.2 Å². The molecule has 0 aliphatic heterocycles. The van der Waals surface area contributed by atoms with E-state index < -0.39 is 18.3 Å². The van der Waals surface area contributed by atoms with Gasteiger partial charge in [-0.05, 0) is 140 Å². The number of fused-ring (bicyclic) bond motifs is 4. The predicted molar refractivity (Wildman–Crippen MR) is 253 cm³/mol. The summed E-state index contributed by atoms with van der Waals surface area (Å²) < 4.78 is 12.4. The number of aromatic amines is 1. The van der Waals surface area contributed by atoms with E-state index >= 15 is 0 Å². The second-order valence-electron chi connectivity index (χ2n) is 20.2. The van der Waals surface area contributed by atoms with Gasteiger partial charge in [0.05, 0.1) is 25.4 Å². The Morgan fingerprint density at radius 1 is 0.908 bits per heavy atom. The van der Waals surface area contributed by atoms with Crippen LogP contribution < -0.4 is 15.8 Å². The van der Waals surface area contributed by atoms with Crippen molar-refractivity contribution in [2.24, 2.45) is 28.9 Å². The molecule has 0 saturated heterocycles. The normalized spacial score (nSPS) is 23.5. The first kappa shape index (κ1) is 47.5. The fourth-order valence-electron chi connectivity index (χ4n) is 12.2. The Morgan fingerprint density at radius 2 is 1.72 bits per heavy atom. The van der Waals surface area contributed by atoms with Gasteiger partial charge in [-0.2, -0.15) is 0 Å². The number of aromatic hydroxyl groups is 1. The molecule has 0 bridgehead atoms. The van der Waals surface area contributed by atoms with E-state index in [9.17, 15) is 30.6 Å². The predicted octanol–water partition coefficient (Wildman–Crippen LogP) is 8.37. The highest BCUT2D eigenvalue weighted by Gasteiger charge is 2.51. The Labute approximate surface area is 385 Å². The number of phenols is 1. The zero-order chi connectivity index (χ0) is 45.5. The molecule has 2 aromatic heterocycles. The molecule has 0 unspecified atom stereocenters. The first-order valence-corrected chi connectivity index (χ1v) is 24.8. The lowest BCUT2D eigenvalue weighted by atomic mass is 9.66. The number of furan rings is 1. The third-order valence-corrected chi connectivity index (χ3v) is 15.6. The van der Waals surface area contributed by atoms with Crippen molar-refractivity contribution in [2.45, 2.75) is 160 Å². The van der Waals surface area contributed by atoms with Gasteiger partial charge in [0, 0.05) is 60.8 Å². The zero-order valence-corrected chi connectivity index (χ0v) is 38.5. The molecule has 10 N–H and O–H groups in total. The maximum absolute atomic E-state index is 11.5. The van der Waals surface area contributed by atoms with Crippen molar-refractivity contribution < 1.29 is 39.8 Å². The Morgan fingerprint density at radius 3 is 2.52 bits per heavy atom. The summed E-state index contributed by atoms with van der Waals surface area (Å²) in [5.74, 6) is 3.62. The van der Waals surface area contributed by atoms with Gasteiger partial charge in [-0.3, -0.25) is 0 Å². The highest BCUT2D eigenvalue weighted by molar-refractivity contribution is 5.59. The summed E-state index contributed by atoms with van der Waals surface area (Å²) in [6.45, 7) is 3.11. The van der Waals surface area contributed by atoms with Crippen LogP contribution in [0.4, 0.5) is 0 Å². The quantitative estimate of drug-likeness (QED) is 0.0346. The summed E-state index contributed by atoms with van der Waals surface area (Å²) in [4.78, 5) is 3.68. The van der Waals surface area contributed by atoms with Crippen LogP contribution in [-0.4, -0.2) is 67.5 Å². The van der Waals surface area contributed by atoms with Gasteiger partial charge in [-0.25, -0.2) is 0 Å². The number of nitrogens with two attached hydrogens (primary N) is 1. The molecule has 354 valence electrons. The molecule has 4 aliphatic rings. The summed E-state index contributed by atoms with van der Waals surface area (Å²) in [5, 5.41) is 66.4. The number of ether oxygens (including phenoxy) is 1. The molecule has 0 radical (unpaired) electrons. The van der Waals surface area contributed by atoms with E-state index in [0.717, 1.165) is 109 Å². The number of hydrogen-bond acceptors (Lipinski definition) is 10. The summed E-state index contributed by atoms with van der Waals surface area (Å²) >= 11 is 0. The number of aryl methyl sites for hydroxylation is 3. The van der Waals surface area contributed by atoms with E-state index in [-0.39, 0.29) is 37.5 Å². The lowest BCUT2D eigenvalue weighted by Crippen LogP contribution is -2.36. The Balaban J connectivity index is 0.799. The van der Waals surface area contributed by atoms with Crippen molar-refractivity contribution in [3.63, 3.8) is 0 Å². The summed E-state index contributed by atoms with van der Waals surface area (Å²) in [5.41, 5.74) is 14.6. The van der Waals surface area contributed by atoms with Crippen molar-refractivity contribution in [3.05, 3.63) is 111 Å². The van der Waals surface area contributed by atoms with Gasteiger partial charge in [-0.1, -0.05) is 68.9 Å². The van der Waals surface area contributed by atoms with Crippen LogP contribution in [0.5, 0.6) is 11.5 Å². The lowest BCUT2D eigenvalue weighted by Gasteiger charge is -2.39. The van der Waals surface area contributed by atoms with E-state index in [4.69, 9.17) is 14.9 Å². The number of aliphatic hydroxyl groups excluding tert-OH is 5. The number of aliphatic hydroxyl groups is 5. The van der Waals surface area contributed by atoms with Gasteiger partial charge in [-0.15, -0.1) is 0 Å². The number of phenolic OH excluding ortho intramolecular Hbond substituents is 1. The van der Waals surface area contributed by atoms with Gasteiger partial charge < -0.3 is 55.8 Å². The Hall–Kier alpha value is -3.94. The number of nitrogens with one attached hydrogen (secondary N) is 2. The van der Waals surface area contributed by atoms with Crippen LogP contribution in [0.25, 0.3) is 6.08 Å². The highest BCUT2D eigenvalue weighted by Crippen LogP contribution is 2.60. The molecule has 1 spiro atoms. The molecule has 4 aromatic rings. The largest absolute Gasteiger partial charge is 0.504 e. The Kier molecular flexibility index (Phi) is 15.9. The smallest absolute Gasteiger partial charge is 0.161 e. The van der Waals surface area contributed by atoms with Crippen LogP contribution in [0.2, 0.25) is 0 Å². The average molecular weight is 894 g/mol. The lowest BCUT2D eigenvalue weighted by molar-refractivity contribution is 0.101. The molecule has 11 nitrogen and oxygen atoms in total. The molecule has 2 aromatic carbocycles. The van der Waals surface area contributed by atoms with E-state index in [1.807, 2.05) is 55.5 Å². The molecule has 11 heteroatoms. The SMILES string of the molecule is C[C@H](O)CNC[C@@H]1c2cc([C@@H](O)COc3cc(CCc4cc(CO)c(CCCCCC[C@H](N)C[C@@H]5C=Cc6cc(CO)ccc6[C@H]5O)o4)ccc3O)[nH]c2CC2(CCCC2)[C@H]2CCC[C@@H]12. The molecule has 2 fully saturated rings. The van der Waals surface area contributed by atoms with Gasteiger partial charge in [0.2, 0.25) is 0 Å². The fraction of sp³-hybridized carbons (Fsp3) is 0.593. The maximum Gasteiger partial charge on any atom is 0.161 e. The monoisotopic (exact) mass is 894 g/mol. The molecule has 8 rings (SSSR count). The summed E-state index contributed by atoms with van der Waals surface area (Å²) in [6, 6.07) is 15.2. The second kappa shape index (κ2) is 21.8. The van der Waals surface area contributed by atoms with Crippen LogP contribution in [-0.2, 0) is 38.9 Å². The number of hydrogen-bond donors (Lipinski definition) is 9. The standard InChI is InChI=1S/C54H75N3O8/c1-34(60)29-56-30-45-43-10-8-11-46(43)54(21-6-7-22-54)28-48-44(45)27-47(57-48)50(62)33-64-52-24-35(15-20-49(52)61)13-18-41-26-39(32-59)51(65-41)12-5-3-2-4-9-40(55)25-38-17-16-37-23-36(31-58)14-19-42(37)53(38)63/h14-17,19-20,23-24,26-27,34,38,40,43,45-46,50,53,56-63H,2-13,18,21-22,25,28-33,55H2,1H3/t34-,38-,40-,43-,45-,46-,50-,53-/m0/s1. The topological polar surface area (TPSA) is 198 Å². The van der Waals surface area contributed by atoms with Crippen LogP contribution in [0.3, 0.4) is 0 Å². The van der Waals surface area contributed by atoms with Crippen LogP contribution in [0.15, 0.2) is 59.0 Å². The molecule has 8 atom stereocenters. The Bertz CT molecular complexity index is 2190. The second-order valence-corrected chi connectivity index (χ2v) is 20.2. The summed E-state index contributed by atoms with van der Waals surface area (Å²) in [6.07, 6.45) is 19.9. The molecule has 2 saturated carbocycles. The van der Waals surface area contributed by atoms with E-state index in [2.05, 4.69) is 16.4 Å². The van der Waals surface area contributed by atoms with Gasteiger partial charge in [0.25, 0.3) is 0 Å². The third kappa shape index (κ3) is 11.3. The van der Waals surface area contributed by atoms with Crippen molar-refractivity contribution in [1.82, 2.24) is 10.3 Å². The number of rotatable bonds is 22. The first-order chi connectivity index (χ1) is 31.5. The number of unbranched alkanes of at least 4 members (excludes halogenated alkanes) is 3. The highest BCUT2D eigenvalue weighted by atomic mass is 16.5. The number of aromatic nitrogens is 1. The fourth-order valence-corrected chi connectivity index (χ4v) is 12.2. The molecule has 2 heterocycles. The summed E-state index contributed by atoms with van der Waals surface area (Å²) in [7, 11) is 0. The van der Waals surface area contributed by atoms with E-state index in [1.54, 1.807) is 6.07 Å². The average Bonchev–Trinajstić information content (AvgIpc) is 4.13. The zero-order valence-electron chi connectivity index (χ0n) is 38.5. The minimum Gasteiger partial charge on any atom is -0.504 e. The maximum atomic E-state index is 11.5. The molecule has 65 heavy (non-hydrogen) atoms. The van der Waals surface area contributed by atoms with E-state index in [0.29, 0.717) is 42.4 Å². The minimum absolute atomic E-state index is 0.00171. The number of H-pyrrole nitrogens is 1. The molecule has 4 aliphatic carbocycles. The molecular weight excluding hydrogens is 819 g/mol. The van der Waals surface area contributed by atoms with Crippen molar-refractivity contribution in [2.75, 3.05) is 19.7 Å². The first-order valence-electron chi connectivity index (χ1n) is 24.8. The van der Waals surface area contributed by atoms with Gasteiger partial charge in [0.15, 0.2) is 11.5 Å². The van der Waals surface area contributed by atoms with Crippen LogP contribution in [0.1, 0.15) is 165 Å². The molecule has 0 amide bonds. The molecular formula is C54H75N3O8. The van der Waals surface area contributed by atoms with Crippen molar-refractivity contribution in [1.29, 1.82) is 0 Å². The number of benzene rings is 2. The third-order valence-electron chi connectivity index (χ3n) is 15.6. The minimum atomic E-state index is -0.896. The van der Waals surface area contributed by atoms with Gasteiger partial charge in [0.1, 0.15) is 24.2 Å².